The number of nitrogens with two attached hydrogens (primary N) is 2. The van der Waals surface area contributed by atoms with Crippen molar-refractivity contribution < 1.29 is 9.59 Å². The van der Waals surface area contributed by atoms with Gasteiger partial charge >= 0.3 is 0 Å². The Labute approximate surface area is 204 Å². The van der Waals surface area contributed by atoms with Gasteiger partial charge in [0.1, 0.15) is 5.65 Å². The fourth-order valence-electron chi connectivity index (χ4n) is 4.23. The Kier molecular flexibility index (Phi) is 5.66. The van der Waals surface area contributed by atoms with E-state index in [1.807, 2.05) is 29.9 Å². The quantitative estimate of drug-likeness (QED) is 0.341. The summed E-state index contributed by atoms with van der Waals surface area (Å²) in [4.78, 5) is 34.9. The summed E-state index contributed by atoms with van der Waals surface area (Å²) < 4.78 is 3.22. The predicted octanol–water partition coefficient (Wildman–Crippen LogP) is 4.82. The van der Waals surface area contributed by atoms with Crippen LogP contribution in [-0.2, 0) is 13.0 Å². The van der Waals surface area contributed by atoms with Crippen LogP contribution in [0.5, 0.6) is 0 Å². The summed E-state index contributed by atoms with van der Waals surface area (Å²) in [7, 11) is 0. The molecule has 7 nitrogen and oxygen atoms in total. The van der Waals surface area contributed by atoms with E-state index in [1.165, 1.54) is 11.3 Å². The zero-order valence-electron chi connectivity index (χ0n) is 18.7. The summed E-state index contributed by atoms with van der Waals surface area (Å²) in [5.74, 6) is -0.754. The molecular formula is C25H23N5O2S2. The fraction of sp³-hybridized carbons (Fsp3) is 0.200. The number of thiazole rings is 1. The first-order chi connectivity index (χ1) is 16.3. The first kappa shape index (κ1) is 22.2. The van der Waals surface area contributed by atoms with Gasteiger partial charge in [-0.15, -0.1) is 22.7 Å². The van der Waals surface area contributed by atoms with Gasteiger partial charge in [0.15, 0.2) is 0 Å². The molecule has 4 aromatic heterocycles. The maximum absolute atomic E-state index is 12.7. The van der Waals surface area contributed by atoms with Gasteiger partial charge < -0.3 is 16.0 Å². The molecular weight excluding hydrogens is 466 g/mol. The molecule has 0 unspecified atom stereocenters. The molecule has 172 valence electrons. The Balaban J connectivity index is 1.72. The highest BCUT2D eigenvalue weighted by Gasteiger charge is 2.24. The zero-order valence-corrected chi connectivity index (χ0v) is 20.4. The largest absolute Gasteiger partial charge is 0.366 e. The number of hydrogen-bond acceptors (Lipinski definition) is 6. The molecule has 4 N–H and O–H groups in total. The second-order valence-corrected chi connectivity index (χ2v) is 10.6. The SMILES string of the molecule is CC(C)Cc1nc2c(ccn2Cc2ccc3ncsc3c2)c(-c2ccc(C(N)=O)s2)c1C(N)=O. The molecule has 0 fully saturated rings. The predicted molar refractivity (Wildman–Crippen MR) is 137 cm³/mol. The molecule has 0 atom stereocenters. The normalized spacial score (nSPS) is 11.6. The summed E-state index contributed by atoms with van der Waals surface area (Å²) in [5.41, 5.74) is 17.9. The lowest BCUT2D eigenvalue weighted by molar-refractivity contribution is 0.0993. The molecule has 1 aromatic carbocycles. The molecule has 0 bridgehead atoms. The average Bonchev–Trinajstić information content (AvgIpc) is 3.52. The van der Waals surface area contributed by atoms with Crippen LogP contribution in [0.4, 0.5) is 0 Å². The van der Waals surface area contributed by atoms with Gasteiger partial charge in [-0.3, -0.25) is 9.59 Å². The smallest absolute Gasteiger partial charge is 0.258 e. The minimum atomic E-state index is -0.530. The number of amides is 2. The monoisotopic (exact) mass is 489 g/mol. The molecule has 0 spiro atoms. The van der Waals surface area contributed by atoms with Gasteiger partial charge in [-0.05, 0) is 48.2 Å². The van der Waals surface area contributed by atoms with Crippen molar-refractivity contribution in [2.45, 2.75) is 26.8 Å². The highest BCUT2D eigenvalue weighted by molar-refractivity contribution is 7.17. The van der Waals surface area contributed by atoms with E-state index in [2.05, 4.69) is 35.5 Å². The molecule has 0 aliphatic heterocycles. The van der Waals surface area contributed by atoms with E-state index in [1.54, 1.807) is 17.4 Å². The molecule has 0 saturated carbocycles. The molecule has 9 heteroatoms. The van der Waals surface area contributed by atoms with Crippen molar-refractivity contribution in [1.29, 1.82) is 0 Å². The third-order valence-electron chi connectivity index (χ3n) is 5.67. The lowest BCUT2D eigenvalue weighted by Crippen LogP contribution is -2.18. The number of hydrogen-bond donors (Lipinski definition) is 2. The van der Waals surface area contributed by atoms with Crippen LogP contribution in [0.15, 0.2) is 48.1 Å². The van der Waals surface area contributed by atoms with Crippen molar-refractivity contribution in [1.82, 2.24) is 14.5 Å². The van der Waals surface area contributed by atoms with Crippen LogP contribution in [-0.4, -0.2) is 26.3 Å². The molecule has 5 aromatic rings. The highest BCUT2D eigenvalue weighted by atomic mass is 32.1. The molecule has 0 radical (unpaired) electrons. The molecule has 34 heavy (non-hydrogen) atoms. The third kappa shape index (κ3) is 3.97. The molecule has 4 heterocycles. The van der Waals surface area contributed by atoms with Crippen LogP contribution >= 0.6 is 22.7 Å². The van der Waals surface area contributed by atoms with Crippen LogP contribution in [0.2, 0.25) is 0 Å². The highest BCUT2D eigenvalue weighted by Crippen LogP contribution is 2.38. The molecule has 5 rings (SSSR count). The van der Waals surface area contributed by atoms with E-state index >= 15 is 0 Å². The lowest BCUT2D eigenvalue weighted by Gasteiger charge is -2.15. The lowest BCUT2D eigenvalue weighted by atomic mass is 9.96. The Morgan fingerprint density at radius 3 is 2.62 bits per heavy atom. The second-order valence-electron chi connectivity index (χ2n) is 8.63. The average molecular weight is 490 g/mol. The van der Waals surface area contributed by atoms with Crippen molar-refractivity contribution in [3.05, 3.63) is 69.8 Å². The molecule has 0 saturated heterocycles. The third-order valence-corrected chi connectivity index (χ3v) is 7.58. The first-order valence-corrected chi connectivity index (χ1v) is 12.5. The van der Waals surface area contributed by atoms with Gasteiger partial charge in [-0.1, -0.05) is 19.9 Å². The summed E-state index contributed by atoms with van der Waals surface area (Å²) >= 11 is 2.87. The zero-order chi connectivity index (χ0) is 24.0. The minimum absolute atomic E-state index is 0.276. The summed E-state index contributed by atoms with van der Waals surface area (Å²) in [5, 5.41) is 0.818. The van der Waals surface area contributed by atoms with Gasteiger partial charge in [0.25, 0.3) is 11.8 Å². The van der Waals surface area contributed by atoms with E-state index < -0.39 is 11.8 Å². The Morgan fingerprint density at radius 2 is 1.91 bits per heavy atom. The minimum Gasteiger partial charge on any atom is -0.366 e. The van der Waals surface area contributed by atoms with Gasteiger partial charge in [0, 0.05) is 28.6 Å². The van der Waals surface area contributed by atoms with E-state index in [-0.39, 0.29) is 5.92 Å². The van der Waals surface area contributed by atoms with Crippen molar-refractivity contribution in [2.75, 3.05) is 0 Å². The number of carbonyl (C=O) groups is 2. The Morgan fingerprint density at radius 1 is 1.09 bits per heavy atom. The number of rotatable bonds is 7. The van der Waals surface area contributed by atoms with E-state index in [0.29, 0.717) is 34.7 Å². The Hall–Kier alpha value is -3.56. The molecule has 0 aliphatic rings. The first-order valence-electron chi connectivity index (χ1n) is 10.9. The van der Waals surface area contributed by atoms with Crippen molar-refractivity contribution >= 4 is 55.7 Å². The van der Waals surface area contributed by atoms with Crippen LogP contribution < -0.4 is 11.5 Å². The number of benzene rings is 1. The number of pyridine rings is 1. The van der Waals surface area contributed by atoms with Crippen LogP contribution in [0, 0.1) is 5.92 Å². The van der Waals surface area contributed by atoms with Crippen LogP contribution in [0.1, 0.15) is 45.1 Å². The van der Waals surface area contributed by atoms with Gasteiger partial charge in [0.05, 0.1) is 31.9 Å². The summed E-state index contributed by atoms with van der Waals surface area (Å²) in [6, 6.07) is 11.7. The molecule has 0 aliphatic carbocycles. The van der Waals surface area contributed by atoms with E-state index in [4.69, 9.17) is 16.5 Å². The van der Waals surface area contributed by atoms with Crippen molar-refractivity contribution in [3.63, 3.8) is 0 Å². The van der Waals surface area contributed by atoms with Crippen LogP contribution in [0.25, 0.3) is 31.7 Å². The number of fused-ring (bicyclic) bond motifs is 2. The number of aromatic nitrogens is 3. The number of primary amides is 2. The van der Waals surface area contributed by atoms with E-state index in [0.717, 1.165) is 31.7 Å². The maximum atomic E-state index is 12.7. The van der Waals surface area contributed by atoms with E-state index in [9.17, 15) is 9.59 Å². The number of thiophene rings is 1. The van der Waals surface area contributed by atoms with Gasteiger partial charge in [-0.25, -0.2) is 9.97 Å². The van der Waals surface area contributed by atoms with Gasteiger partial charge in [-0.2, -0.15) is 0 Å². The standard InChI is InChI=1S/C25H23N5O2S2/c1-13(2)9-17-22(24(27)32)21(18-5-6-19(34-18)23(26)31)15-7-8-30(25(15)29-17)11-14-3-4-16-20(10-14)33-12-28-16/h3-8,10,12-13H,9,11H2,1-2H3,(H2,26,31)(H2,27,32). The molecule has 2 amide bonds. The topological polar surface area (TPSA) is 117 Å². The maximum Gasteiger partial charge on any atom is 0.258 e. The van der Waals surface area contributed by atoms with Crippen molar-refractivity contribution in [2.24, 2.45) is 17.4 Å². The summed E-state index contributed by atoms with van der Waals surface area (Å²) in [6.45, 7) is 4.78. The fourth-order valence-corrected chi connectivity index (χ4v) is 5.89. The Bertz CT molecular complexity index is 1560. The second kappa shape index (κ2) is 8.66. The van der Waals surface area contributed by atoms with Crippen molar-refractivity contribution in [3.8, 4) is 10.4 Å². The number of carbonyl (C=O) groups excluding carboxylic acids is 2. The van der Waals surface area contributed by atoms with Gasteiger partial charge in [0.2, 0.25) is 0 Å². The summed E-state index contributed by atoms with van der Waals surface area (Å²) in [6.07, 6.45) is 2.58. The van der Waals surface area contributed by atoms with Crippen LogP contribution in [0.3, 0.4) is 0 Å². The number of nitrogens with zero attached hydrogens (tertiary/aromatic N) is 3.